The van der Waals surface area contributed by atoms with Crippen LogP contribution in [0.15, 0.2) is 48.6 Å². The molecule has 0 bridgehead atoms. The highest BCUT2D eigenvalue weighted by Gasteiger charge is 2.27. The van der Waals surface area contributed by atoms with Gasteiger partial charge in [0.15, 0.2) is 6.10 Å². The summed E-state index contributed by atoms with van der Waals surface area (Å²) in [5.41, 5.74) is 0. The van der Waals surface area contributed by atoms with E-state index in [4.69, 9.17) is 19.1 Å². The Morgan fingerprint density at radius 1 is 0.577 bits per heavy atom. The van der Waals surface area contributed by atoms with Crippen molar-refractivity contribution in [2.75, 3.05) is 26.4 Å². The number of carbonyl (C=O) groups excluding carboxylic acids is 2. The maximum atomic E-state index is 12.6. The molecule has 0 aliphatic carbocycles. The van der Waals surface area contributed by atoms with Crippen LogP contribution in [-0.4, -0.2) is 65.7 Å². The Hall–Kier alpha value is -2.07. The molecule has 52 heavy (non-hydrogen) atoms. The molecule has 10 nitrogen and oxygen atoms in total. The number of aliphatic hydroxyl groups is 2. The summed E-state index contributed by atoms with van der Waals surface area (Å²) in [6.45, 7) is 2.24. The molecule has 3 N–H and O–H groups in total. The van der Waals surface area contributed by atoms with E-state index in [2.05, 4.69) is 67.0 Å². The number of carbonyl (C=O) groups is 2. The van der Waals surface area contributed by atoms with Gasteiger partial charge >= 0.3 is 19.8 Å². The molecule has 0 fully saturated rings. The molecule has 0 saturated carbocycles. The third-order valence-corrected chi connectivity index (χ3v) is 9.14. The number of esters is 2. The number of phosphoric acid groups is 1. The molecule has 0 aromatic heterocycles. The summed E-state index contributed by atoms with van der Waals surface area (Å²) in [5.74, 6) is -0.956. The number of ether oxygens (including phenoxy) is 2. The summed E-state index contributed by atoms with van der Waals surface area (Å²) in [6, 6.07) is 0. The molecule has 0 aromatic carbocycles. The van der Waals surface area contributed by atoms with Gasteiger partial charge in [-0.3, -0.25) is 18.6 Å². The van der Waals surface area contributed by atoms with Crippen molar-refractivity contribution in [1.82, 2.24) is 0 Å². The molecule has 11 heteroatoms. The summed E-state index contributed by atoms with van der Waals surface area (Å²) in [4.78, 5) is 34.8. The fourth-order valence-electron chi connectivity index (χ4n) is 5.06. The lowest BCUT2D eigenvalue weighted by Crippen LogP contribution is -2.29. The van der Waals surface area contributed by atoms with E-state index in [-0.39, 0.29) is 19.4 Å². The minimum atomic E-state index is -4.62. The van der Waals surface area contributed by atoms with Crippen LogP contribution in [0.1, 0.15) is 162 Å². The van der Waals surface area contributed by atoms with E-state index < -0.39 is 51.8 Å². The van der Waals surface area contributed by atoms with Crippen LogP contribution in [0.25, 0.3) is 0 Å². The van der Waals surface area contributed by atoms with Gasteiger partial charge in [0.05, 0.1) is 19.8 Å². The van der Waals surface area contributed by atoms with Crippen LogP contribution in [0.4, 0.5) is 0 Å². The zero-order chi connectivity index (χ0) is 38.4. The number of phosphoric ester groups is 1. The molecule has 0 radical (unpaired) electrons. The Labute approximate surface area is 315 Å². The van der Waals surface area contributed by atoms with E-state index >= 15 is 0 Å². The number of allylic oxidation sites excluding steroid dienone is 8. The molecule has 0 saturated heterocycles. The summed E-state index contributed by atoms with van der Waals surface area (Å²) in [7, 11) is -4.62. The first-order valence-electron chi connectivity index (χ1n) is 20.1. The largest absolute Gasteiger partial charge is 0.472 e. The van der Waals surface area contributed by atoms with E-state index in [1.54, 1.807) is 0 Å². The lowest BCUT2D eigenvalue weighted by atomic mass is 10.1. The topological polar surface area (TPSA) is 149 Å². The highest BCUT2D eigenvalue weighted by molar-refractivity contribution is 7.47. The van der Waals surface area contributed by atoms with Crippen molar-refractivity contribution < 1.29 is 47.8 Å². The van der Waals surface area contributed by atoms with Crippen molar-refractivity contribution in [2.45, 2.75) is 174 Å². The fraction of sp³-hybridized carbons (Fsp3) is 0.756. The lowest BCUT2D eigenvalue weighted by Gasteiger charge is -2.20. The van der Waals surface area contributed by atoms with Gasteiger partial charge in [0.2, 0.25) is 0 Å². The lowest BCUT2D eigenvalue weighted by molar-refractivity contribution is -0.161. The molecule has 3 atom stereocenters. The van der Waals surface area contributed by atoms with E-state index in [1.807, 2.05) is 0 Å². The molecule has 0 heterocycles. The van der Waals surface area contributed by atoms with Gasteiger partial charge in [0.25, 0.3) is 0 Å². The van der Waals surface area contributed by atoms with Crippen LogP contribution in [0.3, 0.4) is 0 Å². The van der Waals surface area contributed by atoms with Gasteiger partial charge in [-0.2, -0.15) is 0 Å². The van der Waals surface area contributed by atoms with Crippen LogP contribution in [0.2, 0.25) is 0 Å². The molecule has 0 aromatic rings. The smallest absolute Gasteiger partial charge is 0.462 e. The van der Waals surface area contributed by atoms with Gasteiger partial charge in [0, 0.05) is 12.8 Å². The Bertz CT molecular complexity index is 1010. The summed E-state index contributed by atoms with van der Waals surface area (Å²) >= 11 is 0. The third-order valence-electron chi connectivity index (χ3n) is 8.19. The molecule has 3 unspecified atom stereocenters. The van der Waals surface area contributed by atoms with Crippen molar-refractivity contribution in [1.29, 1.82) is 0 Å². The van der Waals surface area contributed by atoms with Gasteiger partial charge in [-0.15, -0.1) is 0 Å². The highest BCUT2D eigenvalue weighted by atomic mass is 31.2. The maximum absolute atomic E-state index is 12.6. The summed E-state index contributed by atoms with van der Waals surface area (Å²) < 4.78 is 32.6. The van der Waals surface area contributed by atoms with Crippen LogP contribution in [0, 0.1) is 0 Å². The minimum Gasteiger partial charge on any atom is -0.462 e. The van der Waals surface area contributed by atoms with Gasteiger partial charge < -0.3 is 24.6 Å². The molecule has 0 spiro atoms. The van der Waals surface area contributed by atoms with Crippen LogP contribution in [-0.2, 0) is 32.7 Å². The average molecular weight is 757 g/mol. The molecule has 0 aliphatic rings. The van der Waals surface area contributed by atoms with Crippen LogP contribution in [0.5, 0.6) is 0 Å². The molecule has 0 amide bonds. The number of unbranched alkanes of at least 4 members (excludes halogenated alkanes) is 15. The Morgan fingerprint density at radius 2 is 1.04 bits per heavy atom. The zero-order valence-corrected chi connectivity index (χ0v) is 33.4. The monoisotopic (exact) mass is 756 g/mol. The van der Waals surface area contributed by atoms with Gasteiger partial charge in [-0.05, 0) is 70.6 Å². The summed E-state index contributed by atoms with van der Waals surface area (Å²) in [5, 5.41) is 18.3. The number of rotatable bonds is 37. The first-order valence-corrected chi connectivity index (χ1v) is 21.6. The van der Waals surface area contributed by atoms with Crippen LogP contribution >= 0.6 is 7.82 Å². The number of aliphatic hydroxyl groups excluding tert-OH is 2. The fourth-order valence-corrected chi connectivity index (χ4v) is 5.85. The Morgan fingerprint density at radius 3 is 1.60 bits per heavy atom. The molecular formula is C41H73O10P. The Kier molecular flexibility index (Phi) is 35.8. The first kappa shape index (κ1) is 49.9. The van der Waals surface area contributed by atoms with E-state index in [0.717, 1.165) is 96.3 Å². The number of hydrogen-bond donors (Lipinski definition) is 3. The second-order valence-corrected chi connectivity index (χ2v) is 14.8. The van der Waals surface area contributed by atoms with E-state index in [0.29, 0.717) is 12.8 Å². The minimum absolute atomic E-state index is 0.166. The molecule has 302 valence electrons. The third kappa shape index (κ3) is 36.3. The zero-order valence-electron chi connectivity index (χ0n) is 32.5. The van der Waals surface area contributed by atoms with Crippen molar-refractivity contribution in [3.8, 4) is 0 Å². The van der Waals surface area contributed by atoms with Gasteiger partial charge in [0.1, 0.15) is 12.7 Å². The second-order valence-electron chi connectivity index (χ2n) is 13.3. The summed E-state index contributed by atoms with van der Waals surface area (Å²) in [6.07, 6.45) is 38.0. The first-order chi connectivity index (χ1) is 25.2. The normalized spacial score (nSPS) is 14.5. The molecular weight excluding hydrogens is 683 g/mol. The predicted octanol–water partition coefficient (Wildman–Crippen LogP) is 10.2. The van der Waals surface area contributed by atoms with Gasteiger partial charge in [-0.1, -0.05) is 127 Å². The van der Waals surface area contributed by atoms with E-state index in [9.17, 15) is 24.2 Å². The molecule has 0 aliphatic heterocycles. The van der Waals surface area contributed by atoms with Crippen molar-refractivity contribution in [2.24, 2.45) is 0 Å². The standard InChI is InChI=1S/C41H73O10P/c1-3-5-7-9-11-13-15-16-17-18-19-20-21-22-23-25-27-29-31-33-41(45)51-39(37-50-52(46,47)49-35-38(43)34-42)36-48-40(44)32-30-28-26-24-14-12-10-8-6-4-2/h8,10-11,13,16-17,19-20,38-39,42-43H,3-7,9,12,14-15,18,21-37H2,1-2H3,(H,46,47)/b10-8-,13-11-,17-16-,20-19-. The average Bonchev–Trinajstić information content (AvgIpc) is 3.13. The predicted molar refractivity (Wildman–Crippen MR) is 210 cm³/mol. The second kappa shape index (κ2) is 37.3. The SMILES string of the molecule is CCC/C=C\CCCCCCCC(=O)OCC(COP(=O)(O)OCC(O)CO)OC(=O)CCCCCCCC/C=C\C/C=C\C/C=C\CCCCC. The quantitative estimate of drug-likeness (QED) is 0.0242. The van der Waals surface area contributed by atoms with Crippen molar-refractivity contribution in [3.63, 3.8) is 0 Å². The number of hydrogen-bond acceptors (Lipinski definition) is 9. The maximum Gasteiger partial charge on any atom is 0.472 e. The van der Waals surface area contributed by atoms with E-state index in [1.165, 1.54) is 25.7 Å². The highest BCUT2D eigenvalue weighted by Crippen LogP contribution is 2.43. The Balaban J connectivity index is 4.34. The van der Waals surface area contributed by atoms with Crippen molar-refractivity contribution in [3.05, 3.63) is 48.6 Å². The van der Waals surface area contributed by atoms with Crippen LogP contribution < -0.4 is 0 Å². The molecule has 0 rings (SSSR count). The van der Waals surface area contributed by atoms with Gasteiger partial charge in [-0.25, -0.2) is 4.57 Å². The van der Waals surface area contributed by atoms with Crippen molar-refractivity contribution >= 4 is 19.8 Å².